The molecule has 19 heavy (non-hydrogen) atoms. The summed E-state index contributed by atoms with van der Waals surface area (Å²) in [7, 11) is 0. The molecule has 0 amide bonds. The minimum atomic E-state index is -0.0826. The van der Waals surface area contributed by atoms with E-state index >= 15 is 0 Å². The summed E-state index contributed by atoms with van der Waals surface area (Å²) in [5.41, 5.74) is 0. The third-order valence-corrected chi connectivity index (χ3v) is 4.05. The Hall–Kier alpha value is -1.17. The average Bonchev–Trinajstić information content (AvgIpc) is 2.89. The Balaban J connectivity index is 2.02. The van der Waals surface area contributed by atoms with Gasteiger partial charge in [-0.05, 0) is 19.8 Å². The number of carbonyl (C=O) groups excluding carboxylic acids is 1. The maximum Gasteiger partial charge on any atom is 0.310 e. The zero-order valence-corrected chi connectivity index (χ0v) is 12.6. The number of hydrogen-bond donors (Lipinski definition) is 0. The molecular formula is C13H21N3O2S. The largest absolute Gasteiger partial charge is 0.466 e. The number of anilines is 1. The van der Waals surface area contributed by atoms with Crippen molar-refractivity contribution in [3.63, 3.8) is 0 Å². The van der Waals surface area contributed by atoms with Crippen molar-refractivity contribution in [3.8, 4) is 0 Å². The first-order valence-corrected chi connectivity index (χ1v) is 7.64. The van der Waals surface area contributed by atoms with Crippen LogP contribution in [0.2, 0.25) is 0 Å². The van der Waals surface area contributed by atoms with Gasteiger partial charge in [0.2, 0.25) is 5.13 Å². The molecule has 0 unspecified atom stereocenters. The number of piperidine rings is 1. The highest BCUT2D eigenvalue weighted by molar-refractivity contribution is 7.09. The number of aromatic nitrogens is 2. The number of rotatable bonds is 4. The molecule has 0 N–H and O–H groups in total. The van der Waals surface area contributed by atoms with E-state index in [1.165, 1.54) is 11.5 Å². The van der Waals surface area contributed by atoms with Crippen LogP contribution in [0.4, 0.5) is 5.13 Å². The van der Waals surface area contributed by atoms with Gasteiger partial charge in [-0.25, -0.2) is 4.98 Å². The van der Waals surface area contributed by atoms with Crippen LogP contribution in [0.15, 0.2) is 0 Å². The summed E-state index contributed by atoms with van der Waals surface area (Å²) in [6.07, 6.45) is 1.91. The Kier molecular flexibility index (Phi) is 4.74. The lowest BCUT2D eigenvalue weighted by atomic mass is 9.99. The predicted molar refractivity (Wildman–Crippen MR) is 75.6 cm³/mol. The van der Waals surface area contributed by atoms with Gasteiger partial charge < -0.3 is 9.64 Å². The van der Waals surface area contributed by atoms with Gasteiger partial charge in [0.15, 0.2) is 0 Å². The monoisotopic (exact) mass is 283 g/mol. The van der Waals surface area contributed by atoms with Crippen LogP contribution in [0.5, 0.6) is 0 Å². The van der Waals surface area contributed by atoms with Crippen molar-refractivity contribution < 1.29 is 9.53 Å². The molecule has 1 saturated heterocycles. The van der Waals surface area contributed by atoms with E-state index in [0.717, 1.165) is 30.3 Å². The fraction of sp³-hybridized carbons (Fsp3) is 0.769. The predicted octanol–water partition coefficient (Wildman–Crippen LogP) is 2.44. The van der Waals surface area contributed by atoms with Crippen LogP contribution in [-0.2, 0) is 9.53 Å². The number of nitrogens with zero attached hydrogens (tertiary/aromatic N) is 3. The quantitative estimate of drug-likeness (QED) is 0.794. The van der Waals surface area contributed by atoms with E-state index in [9.17, 15) is 4.79 Å². The minimum Gasteiger partial charge on any atom is -0.466 e. The zero-order chi connectivity index (χ0) is 13.8. The molecule has 1 atom stereocenters. The first-order valence-electron chi connectivity index (χ1n) is 6.87. The van der Waals surface area contributed by atoms with Crippen molar-refractivity contribution >= 4 is 22.6 Å². The second kappa shape index (κ2) is 6.32. The second-order valence-corrected chi connectivity index (χ2v) is 5.86. The van der Waals surface area contributed by atoms with Gasteiger partial charge in [-0.2, -0.15) is 4.37 Å². The van der Waals surface area contributed by atoms with Gasteiger partial charge in [-0.15, -0.1) is 0 Å². The van der Waals surface area contributed by atoms with Gasteiger partial charge in [0.25, 0.3) is 0 Å². The maximum atomic E-state index is 11.8. The molecule has 0 radical (unpaired) electrons. The summed E-state index contributed by atoms with van der Waals surface area (Å²) in [4.78, 5) is 18.5. The number of carbonyl (C=O) groups is 1. The molecule has 0 spiro atoms. The topological polar surface area (TPSA) is 55.3 Å². The van der Waals surface area contributed by atoms with Crippen LogP contribution in [0, 0.1) is 5.92 Å². The van der Waals surface area contributed by atoms with Gasteiger partial charge in [0, 0.05) is 30.5 Å². The van der Waals surface area contributed by atoms with E-state index in [1.807, 2.05) is 6.92 Å². The molecule has 0 saturated carbocycles. The van der Waals surface area contributed by atoms with E-state index in [-0.39, 0.29) is 11.9 Å². The highest BCUT2D eigenvalue weighted by Gasteiger charge is 2.28. The molecule has 1 fully saturated rings. The minimum absolute atomic E-state index is 0.0277. The fourth-order valence-corrected chi connectivity index (χ4v) is 3.04. The van der Waals surface area contributed by atoms with Gasteiger partial charge in [-0.1, -0.05) is 13.8 Å². The molecule has 0 bridgehead atoms. The lowest BCUT2D eigenvalue weighted by Gasteiger charge is -2.30. The molecule has 1 aromatic rings. The highest BCUT2D eigenvalue weighted by Crippen LogP contribution is 2.26. The summed E-state index contributed by atoms with van der Waals surface area (Å²) in [6.45, 7) is 8.12. The van der Waals surface area contributed by atoms with E-state index in [0.29, 0.717) is 19.1 Å². The van der Waals surface area contributed by atoms with Crippen LogP contribution in [0.1, 0.15) is 45.4 Å². The van der Waals surface area contributed by atoms with Crippen LogP contribution in [-0.4, -0.2) is 35.0 Å². The number of esters is 1. The molecule has 5 nitrogen and oxygen atoms in total. The first kappa shape index (κ1) is 14.2. The fourth-order valence-electron chi connectivity index (χ4n) is 2.19. The molecule has 2 heterocycles. The summed E-state index contributed by atoms with van der Waals surface area (Å²) >= 11 is 1.42. The molecule has 0 aromatic carbocycles. The molecule has 106 valence electrons. The molecular weight excluding hydrogens is 262 g/mol. The second-order valence-electron chi connectivity index (χ2n) is 5.13. The molecule has 1 aliphatic heterocycles. The van der Waals surface area contributed by atoms with Crippen LogP contribution >= 0.6 is 11.5 Å². The van der Waals surface area contributed by atoms with Gasteiger partial charge in [0.05, 0.1) is 12.5 Å². The lowest BCUT2D eigenvalue weighted by molar-refractivity contribution is -0.148. The van der Waals surface area contributed by atoms with Crippen molar-refractivity contribution in [3.05, 3.63) is 5.82 Å². The van der Waals surface area contributed by atoms with Crippen molar-refractivity contribution in [1.82, 2.24) is 9.36 Å². The molecule has 1 aliphatic rings. The van der Waals surface area contributed by atoms with E-state index in [2.05, 4.69) is 28.1 Å². The smallest absolute Gasteiger partial charge is 0.310 e. The Labute approximate surface area is 118 Å². The van der Waals surface area contributed by atoms with Crippen LogP contribution in [0.3, 0.4) is 0 Å². The van der Waals surface area contributed by atoms with Crippen molar-refractivity contribution in [1.29, 1.82) is 0 Å². The van der Waals surface area contributed by atoms with E-state index in [4.69, 9.17) is 4.74 Å². The van der Waals surface area contributed by atoms with Crippen molar-refractivity contribution in [2.24, 2.45) is 5.92 Å². The van der Waals surface area contributed by atoms with Gasteiger partial charge in [-0.3, -0.25) is 4.79 Å². The van der Waals surface area contributed by atoms with Crippen molar-refractivity contribution in [2.75, 3.05) is 24.6 Å². The Bertz CT molecular complexity index is 433. The van der Waals surface area contributed by atoms with Crippen molar-refractivity contribution in [2.45, 2.75) is 39.5 Å². The zero-order valence-electron chi connectivity index (χ0n) is 11.8. The third kappa shape index (κ3) is 3.43. The standard InChI is InChI=1S/C13H21N3O2S/c1-4-18-12(17)10-6-5-7-16(8-10)13-14-11(9(2)3)15-19-13/h9-10H,4-8H2,1-3H3/t10-/m1/s1. The molecule has 1 aromatic heterocycles. The Morgan fingerprint density at radius 2 is 2.37 bits per heavy atom. The first-order chi connectivity index (χ1) is 9.11. The van der Waals surface area contributed by atoms with E-state index in [1.54, 1.807) is 0 Å². The summed E-state index contributed by atoms with van der Waals surface area (Å²) in [5, 5.41) is 0.928. The van der Waals surface area contributed by atoms with Gasteiger partial charge >= 0.3 is 5.97 Å². The average molecular weight is 283 g/mol. The molecule has 6 heteroatoms. The van der Waals surface area contributed by atoms with Crippen LogP contribution in [0.25, 0.3) is 0 Å². The summed E-state index contributed by atoms with van der Waals surface area (Å²) < 4.78 is 9.48. The molecule has 2 rings (SSSR count). The lowest BCUT2D eigenvalue weighted by Crippen LogP contribution is -2.39. The SMILES string of the molecule is CCOC(=O)[C@@H]1CCCN(c2nc(C(C)C)ns2)C1. The normalized spacial score (nSPS) is 19.8. The van der Waals surface area contributed by atoms with Gasteiger partial charge in [0.1, 0.15) is 5.82 Å². The summed E-state index contributed by atoms with van der Waals surface area (Å²) in [6, 6.07) is 0. The highest BCUT2D eigenvalue weighted by atomic mass is 32.1. The maximum absolute atomic E-state index is 11.8. The Morgan fingerprint density at radius 1 is 1.58 bits per heavy atom. The van der Waals surface area contributed by atoms with E-state index < -0.39 is 0 Å². The number of hydrogen-bond acceptors (Lipinski definition) is 6. The third-order valence-electron chi connectivity index (χ3n) is 3.26. The van der Waals surface area contributed by atoms with Crippen LogP contribution < -0.4 is 4.90 Å². The summed E-state index contributed by atoms with van der Waals surface area (Å²) in [5.74, 6) is 1.12. The molecule has 0 aliphatic carbocycles. The number of ether oxygens (including phenoxy) is 1. The Morgan fingerprint density at radius 3 is 3.00 bits per heavy atom.